The van der Waals surface area contributed by atoms with Crippen LogP contribution in [0.2, 0.25) is 0 Å². The van der Waals surface area contributed by atoms with Crippen LogP contribution in [-0.4, -0.2) is 46.3 Å². The van der Waals surface area contributed by atoms with Gasteiger partial charge in [0.15, 0.2) is 0 Å². The Balaban J connectivity index is 1.86. The second kappa shape index (κ2) is 9.72. The van der Waals surface area contributed by atoms with Crippen LogP contribution in [0.5, 0.6) is 0 Å². The lowest BCUT2D eigenvalue weighted by Crippen LogP contribution is -2.43. The summed E-state index contributed by atoms with van der Waals surface area (Å²) in [5, 5.41) is 4.77. The number of rotatable bonds is 7. The highest BCUT2D eigenvalue weighted by molar-refractivity contribution is 5.97. The third-order valence-corrected chi connectivity index (χ3v) is 5.52. The van der Waals surface area contributed by atoms with E-state index >= 15 is 0 Å². The number of ether oxygens (including phenoxy) is 1. The number of benzene rings is 1. The molecule has 29 heavy (non-hydrogen) atoms. The molecule has 0 radical (unpaired) electrons. The predicted octanol–water partition coefficient (Wildman–Crippen LogP) is 3.47. The molecule has 1 saturated heterocycles. The van der Waals surface area contributed by atoms with Crippen LogP contribution in [0, 0.1) is 5.92 Å². The van der Waals surface area contributed by atoms with E-state index in [2.05, 4.69) is 19.1 Å². The third kappa shape index (κ3) is 4.69. The number of piperidine rings is 1. The summed E-state index contributed by atoms with van der Waals surface area (Å²) in [5.41, 5.74) is 3.68. The van der Waals surface area contributed by atoms with Crippen molar-refractivity contribution in [2.45, 2.75) is 53.0 Å². The topological polar surface area (TPSA) is 64.4 Å². The molecule has 3 rings (SSSR count). The molecular formula is C23H31N3O3. The number of aryl methyl sites for hydroxylation is 1. The fraction of sp³-hybridized carbons (Fsp3) is 0.522. The maximum atomic E-state index is 13.5. The lowest BCUT2D eigenvalue weighted by Gasteiger charge is -2.31. The van der Waals surface area contributed by atoms with Crippen molar-refractivity contribution < 1.29 is 14.3 Å². The van der Waals surface area contributed by atoms with Crippen molar-refractivity contribution >= 4 is 11.9 Å². The average molecular weight is 398 g/mol. The first-order valence-electron chi connectivity index (χ1n) is 10.7. The number of hydrogen-bond acceptors (Lipinski definition) is 4. The Morgan fingerprint density at radius 1 is 1.14 bits per heavy atom. The van der Waals surface area contributed by atoms with E-state index in [1.165, 1.54) is 0 Å². The molecule has 0 bridgehead atoms. The zero-order valence-electron chi connectivity index (χ0n) is 17.7. The zero-order chi connectivity index (χ0) is 20.8. The van der Waals surface area contributed by atoms with Crippen molar-refractivity contribution in [2.24, 2.45) is 5.92 Å². The molecule has 1 aliphatic heterocycles. The summed E-state index contributed by atoms with van der Waals surface area (Å²) in [5.74, 6) is -0.439. The van der Waals surface area contributed by atoms with Gasteiger partial charge in [-0.3, -0.25) is 14.3 Å². The minimum Gasteiger partial charge on any atom is -0.466 e. The van der Waals surface area contributed by atoms with E-state index in [9.17, 15) is 9.59 Å². The Morgan fingerprint density at radius 2 is 1.90 bits per heavy atom. The van der Waals surface area contributed by atoms with Crippen molar-refractivity contribution in [1.82, 2.24) is 14.7 Å². The normalized spacial score (nSPS) is 16.7. The molecule has 1 aromatic carbocycles. The van der Waals surface area contributed by atoms with Crippen LogP contribution in [0.1, 0.15) is 60.9 Å². The molecule has 0 saturated carbocycles. The van der Waals surface area contributed by atoms with Crippen LogP contribution < -0.4 is 0 Å². The molecule has 1 aromatic heterocycles. The van der Waals surface area contributed by atoms with E-state index in [0.29, 0.717) is 32.7 Å². The lowest BCUT2D eigenvalue weighted by molar-refractivity contribution is -0.149. The molecule has 1 aliphatic rings. The van der Waals surface area contributed by atoms with E-state index in [1.54, 1.807) is 0 Å². The van der Waals surface area contributed by atoms with Crippen LogP contribution >= 0.6 is 0 Å². The molecule has 0 N–H and O–H groups in total. The number of hydrogen-bond donors (Lipinski definition) is 0. The number of esters is 1. The highest BCUT2D eigenvalue weighted by atomic mass is 16.5. The van der Waals surface area contributed by atoms with Gasteiger partial charge < -0.3 is 9.64 Å². The SMILES string of the molecule is CCOC(=O)[C@H]1CCCN(C(=O)c2c(CC)nn(Cc3ccccc3)c2CC)C1. The van der Waals surface area contributed by atoms with Gasteiger partial charge in [-0.25, -0.2) is 0 Å². The largest absolute Gasteiger partial charge is 0.466 e. The van der Waals surface area contributed by atoms with Gasteiger partial charge in [0.2, 0.25) is 0 Å². The van der Waals surface area contributed by atoms with Crippen LogP contribution in [-0.2, 0) is 28.9 Å². The van der Waals surface area contributed by atoms with E-state index in [0.717, 1.165) is 41.8 Å². The Morgan fingerprint density at radius 3 is 2.55 bits per heavy atom. The molecule has 0 unspecified atom stereocenters. The predicted molar refractivity (Wildman–Crippen MR) is 112 cm³/mol. The molecule has 1 amide bonds. The fourth-order valence-corrected chi connectivity index (χ4v) is 4.06. The van der Waals surface area contributed by atoms with Crippen LogP contribution in [0.25, 0.3) is 0 Å². The molecule has 2 aromatic rings. The highest BCUT2D eigenvalue weighted by Crippen LogP contribution is 2.24. The van der Waals surface area contributed by atoms with Crippen molar-refractivity contribution in [2.75, 3.05) is 19.7 Å². The van der Waals surface area contributed by atoms with Gasteiger partial charge >= 0.3 is 5.97 Å². The first-order chi connectivity index (χ1) is 14.1. The maximum Gasteiger partial charge on any atom is 0.310 e. The number of amides is 1. The van der Waals surface area contributed by atoms with Gasteiger partial charge in [-0.05, 0) is 38.2 Å². The Kier molecular flexibility index (Phi) is 7.07. The number of aromatic nitrogens is 2. The van der Waals surface area contributed by atoms with Gasteiger partial charge in [-0.1, -0.05) is 44.2 Å². The molecule has 0 aliphatic carbocycles. The van der Waals surface area contributed by atoms with Crippen LogP contribution in [0.15, 0.2) is 30.3 Å². The molecule has 6 nitrogen and oxygen atoms in total. The fourth-order valence-electron chi connectivity index (χ4n) is 4.06. The first-order valence-corrected chi connectivity index (χ1v) is 10.7. The van der Waals surface area contributed by atoms with Crippen molar-refractivity contribution in [3.05, 3.63) is 52.8 Å². The van der Waals surface area contributed by atoms with Crippen LogP contribution in [0.4, 0.5) is 0 Å². The second-order valence-corrected chi connectivity index (χ2v) is 7.46. The monoisotopic (exact) mass is 397 g/mol. The van der Waals surface area contributed by atoms with Crippen molar-refractivity contribution in [3.8, 4) is 0 Å². The van der Waals surface area contributed by atoms with Gasteiger partial charge in [0.25, 0.3) is 5.91 Å². The van der Waals surface area contributed by atoms with E-state index in [-0.39, 0.29) is 17.8 Å². The molecule has 0 spiro atoms. The summed E-state index contributed by atoms with van der Waals surface area (Å²) >= 11 is 0. The second-order valence-electron chi connectivity index (χ2n) is 7.46. The smallest absolute Gasteiger partial charge is 0.310 e. The number of carbonyl (C=O) groups excluding carboxylic acids is 2. The van der Waals surface area contributed by atoms with Crippen molar-refractivity contribution in [3.63, 3.8) is 0 Å². The molecular weight excluding hydrogens is 366 g/mol. The minimum absolute atomic E-state index is 0.00740. The summed E-state index contributed by atoms with van der Waals surface area (Å²) in [4.78, 5) is 27.5. The van der Waals surface area contributed by atoms with Gasteiger partial charge in [0.1, 0.15) is 0 Å². The summed E-state index contributed by atoms with van der Waals surface area (Å²) in [6, 6.07) is 10.2. The molecule has 1 atom stereocenters. The van der Waals surface area contributed by atoms with Gasteiger partial charge in [0, 0.05) is 13.1 Å². The van der Waals surface area contributed by atoms with E-state index in [1.807, 2.05) is 41.6 Å². The molecule has 156 valence electrons. The summed E-state index contributed by atoms with van der Waals surface area (Å²) < 4.78 is 7.15. The summed E-state index contributed by atoms with van der Waals surface area (Å²) in [7, 11) is 0. The molecule has 1 fully saturated rings. The highest BCUT2D eigenvalue weighted by Gasteiger charge is 2.32. The third-order valence-electron chi connectivity index (χ3n) is 5.52. The maximum absolute atomic E-state index is 13.5. The lowest BCUT2D eigenvalue weighted by atomic mass is 9.97. The van der Waals surface area contributed by atoms with Gasteiger partial charge in [-0.2, -0.15) is 5.10 Å². The van der Waals surface area contributed by atoms with Crippen LogP contribution in [0.3, 0.4) is 0 Å². The number of carbonyl (C=O) groups is 2. The Bertz CT molecular complexity index is 845. The molecule has 2 heterocycles. The number of likely N-dealkylation sites (tertiary alicyclic amines) is 1. The number of nitrogens with zero attached hydrogens (tertiary/aromatic N) is 3. The summed E-state index contributed by atoms with van der Waals surface area (Å²) in [6.07, 6.45) is 3.02. The molecule has 6 heteroatoms. The van der Waals surface area contributed by atoms with Gasteiger partial charge in [0.05, 0.1) is 36.0 Å². The standard InChI is InChI=1S/C23H31N3O3/c1-4-19-21(20(5-2)26(24-19)15-17-11-8-7-9-12-17)22(27)25-14-10-13-18(16-25)23(28)29-6-3/h7-9,11-12,18H,4-6,10,13-16H2,1-3H3/t18-/m0/s1. The zero-order valence-corrected chi connectivity index (χ0v) is 17.7. The van der Waals surface area contributed by atoms with E-state index in [4.69, 9.17) is 9.84 Å². The van der Waals surface area contributed by atoms with Gasteiger partial charge in [-0.15, -0.1) is 0 Å². The summed E-state index contributed by atoms with van der Waals surface area (Å²) in [6.45, 7) is 8.02. The average Bonchev–Trinajstić information content (AvgIpc) is 3.11. The first kappa shape index (κ1) is 21.1. The Labute approximate surface area is 172 Å². The van der Waals surface area contributed by atoms with E-state index < -0.39 is 0 Å². The Hall–Kier alpha value is -2.63. The quantitative estimate of drug-likeness (QED) is 0.671. The minimum atomic E-state index is -0.234. The van der Waals surface area contributed by atoms with Crippen molar-refractivity contribution in [1.29, 1.82) is 0 Å².